The first kappa shape index (κ1) is 8.06. The lowest BCUT2D eigenvalue weighted by molar-refractivity contribution is 0.180. The van der Waals surface area contributed by atoms with E-state index in [0.29, 0.717) is 17.9 Å². The van der Waals surface area contributed by atoms with Crippen LogP contribution in [-0.2, 0) is 4.74 Å². The van der Waals surface area contributed by atoms with Crippen molar-refractivity contribution in [3.8, 4) is 0 Å². The van der Waals surface area contributed by atoms with Crippen molar-refractivity contribution in [1.82, 2.24) is 0 Å². The smallest absolute Gasteiger partial charge is 0.0990 e. The van der Waals surface area contributed by atoms with E-state index in [1.807, 2.05) is 0 Å². The lowest BCUT2D eigenvalue weighted by atomic mass is 9.83. The maximum Gasteiger partial charge on any atom is 0.0990 e. The Bertz CT molecular complexity index is 119. The second-order valence-electron chi connectivity index (χ2n) is 3.92. The highest BCUT2D eigenvalue weighted by molar-refractivity contribution is 5.04. The summed E-state index contributed by atoms with van der Waals surface area (Å²) in [5, 5.41) is 0. The van der Waals surface area contributed by atoms with Crippen LogP contribution in [0.3, 0.4) is 0 Å². The molecule has 0 bridgehead atoms. The molecule has 1 heterocycles. The zero-order chi connectivity index (χ0) is 7.94. The quantitative estimate of drug-likeness (QED) is 0.539. The molecule has 0 N–H and O–H groups in total. The minimum absolute atomic E-state index is 0.208. The standard InChI is InChI=1S/C9H18O/c1-6(2)9(7(3)4)8(5)10-9/h6-8H,1-5H3. The molecule has 1 aliphatic rings. The molecular weight excluding hydrogens is 124 g/mol. The molecule has 1 rings (SSSR count). The Balaban J connectivity index is 2.64. The Morgan fingerprint density at radius 2 is 1.40 bits per heavy atom. The predicted molar refractivity (Wildman–Crippen MR) is 43.0 cm³/mol. The topological polar surface area (TPSA) is 12.5 Å². The van der Waals surface area contributed by atoms with Crippen LogP contribution in [0, 0.1) is 11.8 Å². The number of epoxide rings is 1. The Labute approximate surface area is 63.8 Å². The summed E-state index contributed by atoms with van der Waals surface area (Å²) in [5.41, 5.74) is 0.208. The van der Waals surface area contributed by atoms with E-state index in [1.165, 1.54) is 0 Å². The van der Waals surface area contributed by atoms with Crippen molar-refractivity contribution in [2.24, 2.45) is 11.8 Å². The highest BCUT2D eigenvalue weighted by atomic mass is 16.6. The normalized spacial score (nSPS) is 29.7. The van der Waals surface area contributed by atoms with Crippen LogP contribution in [0.15, 0.2) is 0 Å². The molecule has 0 radical (unpaired) electrons. The molecule has 0 aromatic rings. The molecule has 0 spiro atoms. The van der Waals surface area contributed by atoms with Gasteiger partial charge in [-0.1, -0.05) is 27.7 Å². The predicted octanol–water partition coefficient (Wildman–Crippen LogP) is 2.46. The van der Waals surface area contributed by atoms with E-state index in [1.54, 1.807) is 0 Å². The van der Waals surface area contributed by atoms with E-state index in [9.17, 15) is 0 Å². The largest absolute Gasteiger partial charge is 0.366 e. The Hall–Kier alpha value is -0.0400. The molecular formula is C9H18O. The average molecular weight is 142 g/mol. The van der Waals surface area contributed by atoms with Crippen molar-refractivity contribution >= 4 is 0 Å². The molecule has 0 aliphatic carbocycles. The summed E-state index contributed by atoms with van der Waals surface area (Å²) in [5.74, 6) is 1.31. The molecule has 1 saturated heterocycles. The number of ether oxygens (including phenoxy) is 1. The third-order valence-electron chi connectivity index (χ3n) is 2.76. The molecule has 0 aromatic heterocycles. The fourth-order valence-electron chi connectivity index (χ4n) is 2.15. The van der Waals surface area contributed by atoms with Crippen LogP contribution in [0.5, 0.6) is 0 Å². The summed E-state index contributed by atoms with van der Waals surface area (Å²) in [6.07, 6.45) is 0.479. The zero-order valence-electron chi connectivity index (χ0n) is 7.64. The zero-order valence-corrected chi connectivity index (χ0v) is 7.64. The van der Waals surface area contributed by atoms with Gasteiger partial charge in [0.2, 0.25) is 0 Å². The lowest BCUT2D eigenvalue weighted by Crippen LogP contribution is -2.28. The minimum Gasteiger partial charge on any atom is -0.366 e. The maximum absolute atomic E-state index is 5.63. The first-order chi connectivity index (χ1) is 4.51. The number of hydrogen-bond donors (Lipinski definition) is 0. The molecule has 0 saturated carbocycles. The monoisotopic (exact) mass is 142 g/mol. The summed E-state index contributed by atoms with van der Waals surface area (Å²) in [4.78, 5) is 0. The van der Waals surface area contributed by atoms with Crippen LogP contribution in [-0.4, -0.2) is 11.7 Å². The molecule has 1 unspecified atom stereocenters. The summed E-state index contributed by atoms with van der Waals surface area (Å²) in [6, 6.07) is 0. The second kappa shape index (κ2) is 2.23. The first-order valence-corrected chi connectivity index (χ1v) is 4.19. The molecule has 60 valence electrons. The van der Waals surface area contributed by atoms with Crippen molar-refractivity contribution in [1.29, 1.82) is 0 Å². The van der Waals surface area contributed by atoms with E-state index in [-0.39, 0.29) is 5.60 Å². The van der Waals surface area contributed by atoms with Crippen molar-refractivity contribution < 1.29 is 4.74 Å². The fraction of sp³-hybridized carbons (Fsp3) is 1.00. The van der Waals surface area contributed by atoms with Crippen LogP contribution in [0.2, 0.25) is 0 Å². The second-order valence-corrected chi connectivity index (χ2v) is 3.92. The fourth-order valence-corrected chi connectivity index (χ4v) is 2.15. The van der Waals surface area contributed by atoms with Gasteiger partial charge >= 0.3 is 0 Å². The maximum atomic E-state index is 5.63. The van der Waals surface area contributed by atoms with Gasteiger partial charge in [-0.3, -0.25) is 0 Å². The average Bonchev–Trinajstić information content (AvgIpc) is 2.42. The van der Waals surface area contributed by atoms with Crippen molar-refractivity contribution in [2.75, 3.05) is 0 Å². The van der Waals surface area contributed by atoms with E-state index in [0.717, 1.165) is 0 Å². The van der Waals surface area contributed by atoms with Gasteiger partial charge in [0.15, 0.2) is 0 Å². The molecule has 1 nitrogen and oxygen atoms in total. The van der Waals surface area contributed by atoms with Gasteiger partial charge in [-0.2, -0.15) is 0 Å². The van der Waals surface area contributed by atoms with Gasteiger partial charge in [0.05, 0.1) is 11.7 Å². The third kappa shape index (κ3) is 0.878. The molecule has 1 fully saturated rings. The molecule has 0 aromatic carbocycles. The Morgan fingerprint density at radius 3 is 1.40 bits per heavy atom. The molecule has 1 aliphatic heterocycles. The van der Waals surface area contributed by atoms with Crippen LogP contribution in [0.4, 0.5) is 0 Å². The van der Waals surface area contributed by atoms with Crippen LogP contribution < -0.4 is 0 Å². The summed E-state index contributed by atoms with van der Waals surface area (Å²) in [7, 11) is 0. The highest BCUT2D eigenvalue weighted by Crippen LogP contribution is 2.48. The van der Waals surface area contributed by atoms with Gasteiger partial charge in [0.1, 0.15) is 0 Å². The first-order valence-electron chi connectivity index (χ1n) is 4.19. The van der Waals surface area contributed by atoms with Crippen LogP contribution >= 0.6 is 0 Å². The van der Waals surface area contributed by atoms with Gasteiger partial charge in [-0.25, -0.2) is 0 Å². The van der Waals surface area contributed by atoms with E-state index < -0.39 is 0 Å². The van der Waals surface area contributed by atoms with E-state index >= 15 is 0 Å². The highest BCUT2D eigenvalue weighted by Gasteiger charge is 2.57. The summed E-state index contributed by atoms with van der Waals surface area (Å²) in [6.45, 7) is 11.1. The van der Waals surface area contributed by atoms with Crippen LogP contribution in [0.25, 0.3) is 0 Å². The number of hydrogen-bond acceptors (Lipinski definition) is 1. The van der Waals surface area contributed by atoms with Crippen LogP contribution in [0.1, 0.15) is 34.6 Å². The Morgan fingerprint density at radius 1 is 1.10 bits per heavy atom. The van der Waals surface area contributed by atoms with E-state index in [2.05, 4.69) is 34.6 Å². The third-order valence-corrected chi connectivity index (χ3v) is 2.76. The molecule has 1 heteroatoms. The van der Waals surface area contributed by atoms with E-state index in [4.69, 9.17) is 4.74 Å². The Kier molecular flexibility index (Phi) is 1.80. The van der Waals surface area contributed by atoms with Crippen molar-refractivity contribution in [2.45, 2.75) is 46.3 Å². The number of rotatable bonds is 2. The molecule has 10 heavy (non-hydrogen) atoms. The van der Waals surface area contributed by atoms with Crippen molar-refractivity contribution in [3.05, 3.63) is 0 Å². The van der Waals surface area contributed by atoms with Gasteiger partial charge in [-0.05, 0) is 18.8 Å². The van der Waals surface area contributed by atoms with Crippen molar-refractivity contribution in [3.63, 3.8) is 0 Å². The minimum atomic E-state index is 0.208. The molecule has 0 amide bonds. The lowest BCUT2D eigenvalue weighted by Gasteiger charge is -2.20. The summed E-state index contributed by atoms with van der Waals surface area (Å²) < 4.78 is 5.63. The van der Waals surface area contributed by atoms with Gasteiger partial charge in [-0.15, -0.1) is 0 Å². The van der Waals surface area contributed by atoms with Gasteiger partial charge < -0.3 is 4.74 Å². The SMILES string of the molecule is CC(C)C1(C(C)C)OC1C. The van der Waals surface area contributed by atoms with Gasteiger partial charge in [0, 0.05) is 0 Å². The molecule has 1 atom stereocenters. The summed E-state index contributed by atoms with van der Waals surface area (Å²) >= 11 is 0. The van der Waals surface area contributed by atoms with Gasteiger partial charge in [0.25, 0.3) is 0 Å².